The molecular formula is C16H16N6O2S2. The van der Waals surface area contributed by atoms with E-state index in [1.54, 1.807) is 5.38 Å². The van der Waals surface area contributed by atoms with Crippen LogP contribution in [0, 0.1) is 6.92 Å². The summed E-state index contributed by atoms with van der Waals surface area (Å²) in [4.78, 5) is 35.9. The van der Waals surface area contributed by atoms with Gasteiger partial charge in [-0.05, 0) is 19.1 Å². The highest BCUT2D eigenvalue weighted by atomic mass is 32.1. The third kappa shape index (κ3) is 5.07. The Balaban J connectivity index is 1.55. The summed E-state index contributed by atoms with van der Waals surface area (Å²) in [5.41, 5.74) is 7.23. The summed E-state index contributed by atoms with van der Waals surface area (Å²) in [5, 5.41) is 10.4. The van der Waals surface area contributed by atoms with Crippen LogP contribution in [0.2, 0.25) is 0 Å². The van der Waals surface area contributed by atoms with E-state index in [1.807, 2.05) is 30.5 Å². The van der Waals surface area contributed by atoms with E-state index in [1.165, 1.54) is 22.7 Å². The van der Waals surface area contributed by atoms with Crippen LogP contribution in [0.5, 0.6) is 0 Å². The van der Waals surface area contributed by atoms with Crippen LogP contribution < -0.4 is 16.4 Å². The lowest BCUT2D eigenvalue weighted by molar-refractivity contribution is -0.117. The molecule has 4 N–H and O–H groups in total. The van der Waals surface area contributed by atoms with Crippen LogP contribution in [0.25, 0.3) is 0 Å². The van der Waals surface area contributed by atoms with Crippen molar-refractivity contribution in [1.29, 1.82) is 0 Å². The molecule has 0 aromatic carbocycles. The Labute approximate surface area is 157 Å². The molecule has 3 aromatic heterocycles. The standard InChI is InChI=1S/C16H16N6O2S2/c1-9-3-2-4-13(18-9)21-15-20-11(8-25-15)6-14(24)22-16-19-10(7-26-16)5-12(17)23/h2-4,7-8H,5-6H2,1H3,(H2,17,23)(H,18,20,21)(H,19,22,24). The van der Waals surface area contributed by atoms with Crippen molar-refractivity contribution in [1.82, 2.24) is 15.0 Å². The lowest BCUT2D eigenvalue weighted by atomic mass is 10.3. The minimum atomic E-state index is -0.459. The Morgan fingerprint density at radius 1 is 1.04 bits per heavy atom. The minimum Gasteiger partial charge on any atom is -0.369 e. The quantitative estimate of drug-likeness (QED) is 0.570. The van der Waals surface area contributed by atoms with E-state index in [9.17, 15) is 9.59 Å². The minimum absolute atomic E-state index is 0.0560. The third-order valence-electron chi connectivity index (χ3n) is 3.17. The maximum Gasteiger partial charge on any atom is 0.232 e. The van der Waals surface area contributed by atoms with Gasteiger partial charge in [0.1, 0.15) is 5.82 Å². The summed E-state index contributed by atoms with van der Waals surface area (Å²) in [6.07, 6.45) is 0.185. The van der Waals surface area contributed by atoms with Crippen LogP contribution >= 0.6 is 22.7 Å². The van der Waals surface area contributed by atoms with Gasteiger partial charge < -0.3 is 16.4 Å². The number of hydrogen-bond donors (Lipinski definition) is 3. The largest absolute Gasteiger partial charge is 0.369 e. The Bertz CT molecular complexity index is 936. The Morgan fingerprint density at radius 2 is 1.73 bits per heavy atom. The van der Waals surface area contributed by atoms with Crippen molar-refractivity contribution in [3.8, 4) is 0 Å². The maximum atomic E-state index is 12.1. The predicted molar refractivity (Wildman–Crippen MR) is 102 cm³/mol. The first-order valence-corrected chi connectivity index (χ1v) is 9.41. The second kappa shape index (κ2) is 8.02. The predicted octanol–water partition coefficient (Wildman–Crippen LogP) is 2.26. The topological polar surface area (TPSA) is 123 Å². The Morgan fingerprint density at radius 3 is 2.46 bits per heavy atom. The second-order valence-electron chi connectivity index (χ2n) is 5.45. The fourth-order valence-corrected chi connectivity index (χ4v) is 3.56. The van der Waals surface area contributed by atoms with Crippen molar-refractivity contribution >= 4 is 50.6 Å². The molecule has 8 nitrogen and oxygen atoms in total. The fourth-order valence-electron chi connectivity index (χ4n) is 2.12. The van der Waals surface area contributed by atoms with Crippen LogP contribution in [0.3, 0.4) is 0 Å². The molecule has 0 saturated heterocycles. The first-order valence-electron chi connectivity index (χ1n) is 7.65. The average molecular weight is 388 g/mol. The number of aryl methyl sites for hydroxylation is 1. The van der Waals surface area contributed by atoms with E-state index >= 15 is 0 Å². The first kappa shape index (κ1) is 18.0. The molecule has 0 bridgehead atoms. The summed E-state index contributed by atoms with van der Waals surface area (Å²) in [7, 11) is 0. The van der Waals surface area contributed by atoms with Gasteiger partial charge in [0.05, 0.1) is 24.2 Å². The Kier molecular flexibility index (Phi) is 5.54. The zero-order valence-electron chi connectivity index (χ0n) is 13.9. The number of rotatable bonds is 7. The zero-order chi connectivity index (χ0) is 18.5. The van der Waals surface area contributed by atoms with Gasteiger partial charge in [-0.15, -0.1) is 22.7 Å². The summed E-state index contributed by atoms with van der Waals surface area (Å²) >= 11 is 2.65. The van der Waals surface area contributed by atoms with E-state index in [0.717, 1.165) is 5.69 Å². The highest BCUT2D eigenvalue weighted by Crippen LogP contribution is 2.21. The second-order valence-corrected chi connectivity index (χ2v) is 7.16. The van der Waals surface area contributed by atoms with Gasteiger partial charge in [0, 0.05) is 16.5 Å². The van der Waals surface area contributed by atoms with Crippen LogP contribution in [0.4, 0.5) is 16.1 Å². The molecule has 10 heteroatoms. The number of anilines is 3. The van der Waals surface area contributed by atoms with Crippen molar-refractivity contribution in [3.05, 3.63) is 46.0 Å². The maximum absolute atomic E-state index is 12.1. The number of hydrogen-bond acceptors (Lipinski definition) is 8. The Hall–Kier alpha value is -2.85. The van der Waals surface area contributed by atoms with Gasteiger partial charge in [-0.1, -0.05) is 6.07 Å². The highest BCUT2D eigenvalue weighted by molar-refractivity contribution is 7.14. The van der Waals surface area contributed by atoms with Crippen molar-refractivity contribution in [3.63, 3.8) is 0 Å². The lowest BCUT2D eigenvalue weighted by Gasteiger charge is -2.02. The van der Waals surface area contributed by atoms with Crippen LogP contribution in [0.15, 0.2) is 29.0 Å². The smallest absolute Gasteiger partial charge is 0.232 e. The number of pyridine rings is 1. The fraction of sp³-hybridized carbons (Fsp3) is 0.188. The number of nitrogens with one attached hydrogen (secondary N) is 2. The molecule has 0 fully saturated rings. The normalized spacial score (nSPS) is 10.5. The molecule has 2 amide bonds. The number of nitrogens with two attached hydrogens (primary N) is 1. The van der Waals surface area contributed by atoms with Crippen molar-refractivity contribution in [2.24, 2.45) is 5.73 Å². The average Bonchev–Trinajstić information content (AvgIpc) is 3.16. The van der Waals surface area contributed by atoms with Gasteiger partial charge in [0.15, 0.2) is 10.3 Å². The molecule has 26 heavy (non-hydrogen) atoms. The summed E-state index contributed by atoms with van der Waals surface area (Å²) in [6, 6.07) is 5.68. The number of carbonyl (C=O) groups excluding carboxylic acids is 2. The van der Waals surface area contributed by atoms with Crippen LogP contribution in [-0.4, -0.2) is 26.8 Å². The van der Waals surface area contributed by atoms with E-state index in [4.69, 9.17) is 5.73 Å². The first-order chi connectivity index (χ1) is 12.5. The summed E-state index contributed by atoms with van der Waals surface area (Å²) < 4.78 is 0. The molecule has 0 atom stereocenters. The molecule has 3 aromatic rings. The third-order valence-corrected chi connectivity index (χ3v) is 4.78. The molecular weight excluding hydrogens is 372 g/mol. The van der Waals surface area contributed by atoms with E-state index in [0.29, 0.717) is 27.5 Å². The van der Waals surface area contributed by atoms with Crippen molar-refractivity contribution in [2.45, 2.75) is 19.8 Å². The van der Waals surface area contributed by atoms with Crippen molar-refractivity contribution in [2.75, 3.05) is 10.6 Å². The van der Waals surface area contributed by atoms with Gasteiger partial charge in [-0.3, -0.25) is 9.59 Å². The zero-order valence-corrected chi connectivity index (χ0v) is 15.5. The SMILES string of the molecule is Cc1cccc(Nc2nc(CC(=O)Nc3nc(CC(N)=O)cs3)cs2)n1. The number of aromatic nitrogens is 3. The lowest BCUT2D eigenvalue weighted by Crippen LogP contribution is -2.15. The van der Waals surface area contributed by atoms with E-state index in [-0.39, 0.29) is 18.7 Å². The van der Waals surface area contributed by atoms with Crippen LogP contribution in [0.1, 0.15) is 17.1 Å². The van der Waals surface area contributed by atoms with Gasteiger partial charge in [-0.2, -0.15) is 0 Å². The highest BCUT2D eigenvalue weighted by Gasteiger charge is 2.11. The number of carbonyl (C=O) groups is 2. The van der Waals surface area contributed by atoms with Gasteiger partial charge in [0.2, 0.25) is 11.8 Å². The molecule has 0 aliphatic carbocycles. The van der Waals surface area contributed by atoms with Crippen molar-refractivity contribution < 1.29 is 9.59 Å². The monoisotopic (exact) mass is 388 g/mol. The molecule has 3 heterocycles. The molecule has 0 radical (unpaired) electrons. The number of primary amides is 1. The van der Waals surface area contributed by atoms with Gasteiger partial charge in [-0.25, -0.2) is 15.0 Å². The number of thiazole rings is 2. The number of amides is 2. The van der Waals surface area contributed by atoms with E-state index < -0.39 is 5.91 Å². The summed E-state index contributed by atoms with van der Waals surface area (Å²) in [6.45, 7) is 1.91. The van der Waals surface area contributed by atoms with Gasteiger partial charge >= 0.3 is 0 Å². The summed E-state index contributed by atoms with van der Waals surface area (Å²) in [5.74, 6) is 0.0226. The molecule has 134 valence electrons. The van der Waals surface area contributed by atoms with Crippen LogP contribution in [-0.2, 0) is 22.4 Å². The molecule has 3 rings (SSSR count). The number of nitrogens with zero attached hydrogens (tertiary/aromatic N) is 3. The van der Waals surface area contributed by atoms with Gasteiger partial charge in [0.25, 0.3) is 0 Å². The molecule has 0 saturated carbocycles. The van der Waals surface area contributed by atoms with E-state index in [2.05, 4.69) is 25.6 Å². The molecule has 0 unspecified atom stereocenters. The molecule has 0 aliphatic rings. The molecule has 0 spiro atoms. The molecule has 0 aliphatic heterocycles.